The number of hydrogen-bond donors (Lipinski definition) is 3. The van der Waals surface area contributed by atoms with Crippen molar-refractivity contribution < 1.29 is 23.1 Å². The molecule has 0 fully saturated rings. The van der Waals surface area contributed by atoms with Gasteiger partial charge in [0.1, 0.15) is 11.4 Å². The Morgan fingerprint density at radius 2 is 1.93 bits per heavy atom. The Labute approximate surface area is 170 Å². The molecule has 29 heavy (non-hydrogen) atoms. The average molecular weight is 419 g/mol. The standard InChI is InChI=1S/C21H26N2O5S/c1-13-4-7-16(8-5-13)29(26,27)23-12-15-11-21(2,3)28-18-10-14(6-9-17(15)18)19(24)20(22)25/h4-10,15,19,23-24H,11-12H2,1-3H3,(H2,22,25). The molecule has 0 radical (unpaired) electrons. The number of sulfonamides is 1. The number of benzene rings is 2. The van der Waals surface area contributed by atoms with Gasteiger partial charge in [0.2, 0.25) is 10.0 Å². The first-order chi connectivity index (χ1) is 13.5. The Balaban J connectivity index is 1.85. The zero-order chi connectivity index (χ0) is 21.4. The van der Waals surface area contributed by atoms with Crippen molar-refractivity contribution in [1.29, 1.82) is 0 Å². The third-order valence-corrected chi connectivity index (χ3v) is 6.48. The molecule has 2 aromatic rings. The molecule has 2 unspecified atom stereocenters. The van der Waals surface area contributed by atoms with E-state index in [9.17, 15) is 18.3 Å². The first kappa shape index (κ1) is 21.3. The van der Waals surface area contributed by atoms with Gasteiger partial charge in [-0.15, -0.1) is 0 Å². The third-order valence-electron chi connectivity index (χ3n) is 5.04. The molecule has 7 nitrogen and oxygen atoms in total. The van der Waals surface area contributed by atoms with Crippen LogP contribution in [0.15, 0.2) is 47.4 Å². The average Bonchev–Trinajstić information content (AvgIpc) is 2.64. The number of amides is 1. The van der Waals surface area contributed by atoms with E-state index in [0.29, 0.717) is 17.7 Å². The van der Waals surface area contributed by atoms with Crippen molar-refractivity contribution in [2.75, 3.05) is 6.54 Å². The van der Waals surface area contributed by atoms with E-state index in [0.717, 1.165) is 11.1 Å². The summed E-state index contributed by atoms with van der Waals surface area (Å²) in [5.41, 5.74) is 6.78. The van der Waals surface area contributed by atoms with Gasteiger partial charge in [0.25, 0.3) is 5.91 Å². The van der Waals surface area contributed by atoms with Crippen molar-refractivity contribution in [1.82, 2.24) is 4.72 Å². The second-order valence-electron chi connectivity index (χ2n) is 8.03. The highest BCUT2D eigenvalue weighted by Crippen LogP contribution is 2.41. The summed E-state index contributed by atoms with van der Waals surface area (Å²) < 4.78 is 34.0. The molecule has 0 saturated heterocycles. The van der Waals surface area contributed by atoms with Crippen LogP contribution in [0.2, 0.25) is 0 Å². The molecule has 2 atom stereocenters. The predicted octanol–water partition coefficient (Wildman–Crippen LogP) is 2.14. The Kier molecular flexibility index (Phi) is 5.71. The van der Waals surface area contributed by atoms with Gasteiger partial charge in [-0.1, -0.05) is 29.8 Å². The van der Waals surface area contributed by atoms with Crippen LogP contribution in [-0.4, -0.2) is 31.6 Å². The summed E-state index contributed by atoms with van der Waals surface area (Å²) in [6.45, 7) is 5.92. The van der Waals surface area contributed by atoms with Gasteiger partial charge >= 0.3 is 0 Å². The summed E-state index contributed by atoms with van der Waals surface area (Å²) in [5.74, 6) is -0.463. The van der Waals surface area contributed by atoms with E-state index in [1.807, 2.05) is 20.8 Å². The lowest BCUT2D eigenvalue weighted by atomic mass is 9.84. The number of rotatable bonds is 6. The van der Waals surface area contributed by atoms with Crippen LogP contribution in [0.25, 0.3) is 0 Å². The molecule has 1 aliphatic heterocycles. The molecule has 0 aromatic heterocycles. The Bertz CT molecular complexity index is 1020. The zero-order valence-electron chi connectivity index (χ0n) is 16.7. The maximum Gasteiger partial charge on any atom is 0.250 e. The molecule has 0 aliphatic carbocycles. The molecule has 1 heterocycles. The van der Waals surface area contributed by atoms with Crippen LogP contribution in [0.3, 0.4) is 0 Å². The van der Waals surface area contributed by atoms with E-state index >= 15 is 0 Å². The Morgan fingerprint density at radius 3 is 2.55 bits per heavy atom. The number of carbonyl (C=O) groups is 1. The summed E-state index contributed by atoms with van der Waals surface area (Å²) in [4.78, 5) is 11.5. The molecular weight excluding hydrogens is 392 g/mol. The van der Waals surface area contributed by atoms with E-state index in [2.05, 4.69) is 4.72 Å². The van der Waals surface area contributed by atoms with Crippen molar-refractivity contribution in [3.05, 3.63) is 59.2 Å². The monoisotopic (exact) mass is 418 g/mol. The highest BCUT2D eigenvalue weighted by Gasteiger charge is 2.35. The summed E-state index contributed by atoms with van der Waals surface area (Å²) >= 11 is 0. The molecule has 0 bridgehead atoms. The van der Waals surface area contributed by atoms with Crippen LogP contribution in [0, 0.1) is 6.92 Å². The van der Waals surface area contributed by atoms with Gasteiger partial charge in [-0.05, 0) is 56.5 Å². The van der Waals surface area contributed by atoms with Gasteiger partial charge in [0.15, 0.2) is 6.10 Å². The van der Waals surface area contributed by atoms with E-state index in [1.165, 1.54) is 0 Å². The van der Waals surface area contributed by atoms with Crippen LogP contribution >= 0.6 is 0 Å². The molecule has 8 heteroatoms. The number of primary amides is 1. The fourth-order valence-electron chi connectivity index (χ4n) is 3.55. The molecule has 2 aromatic carbocycles. The fourth-order valence-corrected chi connectivity index (χ4v) is 4.63. The lowest BCUT2D eigenvalue weighted by Gasteiger charge is -2.38. The number of aryl methyl sites for hydroxylation is 1. The lowest BCUT2D eigenvalue weighted by Crippen LogP contribution is -2.39. The second-order valence-corrected chi connectivity index (χ2v) is 9.80. The number of hydrogen-bond acceptors (Lipinski definition) is 5. The van der Waals surface area contributed by atoms with Crippen LogP contribution < -0.4 is 15.2 Å². The van der Waals surface area contributed by atoms with Crippen molar-refractivity contribution in [2.45, 2.75) is 49.7 Å². The van der Waals surface area contributed by atoms with Gasteiger partial charge in [-0.25, -0.2) is 13.1 Å². The number of carbonyl (C=O) groups excluding carboxylic acids is 1. The quantitative estimate of drug-likeness (QED) is 0.664. The first-order valence-corrected chi connectivity index (χ1v) is 10.8. The lowest BCUT2D eigenvalue weighted by molar-refractivity contribution is -0.126. The summed E-state index contributed by atoms with van der Waals surface area (Å²) in [5, 5.41) is 9.93. The maximum absolute atomic E-state index is 12.7. The van der Waals surface area contributed by atoms with E-state index in [4.69, 9.17) is 10.5 Å². The molecule has 1 amide bonds. The van der Waals surface area contributed by atoms with E-state index in [-0.39, 0.29) is 17.4 Å². The zero-order valence-corrected chi connectivity index (χ0v) is 17.5. The number of fused-ring (bicyclic) bond motifs is 1. The van der Waals surface area contributed by atoms with Gasteiger partial charge in [0.05, 0.1) is 4.90 Å². The van der Waals surface area contributed by atoms with Crippen molar-refractivity contribution in [3.8, 4) is 5.75 Å². The molecule has 1 aliphatic rings. The Morgan fingerprint density at radius 1 is 1.28 bits per heavy atom. The number of nitrogens with two attached hydrogens (primary N) is 1. The van der Waals surface area contributed by atoms with Gasteiger partial charge in [0, 0.05) is 12.5 Å². The molecule has 4 N–H and O–H groups in total. The Hall–Kier alpha value is -2.42. The third kappa shape index (κ3) is 4.77. The fraction of sp³-hybridized carbons (Fsp3) is 0.381. The predicted molar refractivity (Wildman–Crippen MR) is 109 cm³/mol. The summed E-state index contributed by atoms with van der Waals surface area (Å²) in [6, 6.07) is 11.6. The topological polar surface area (TPSA) is 119 Å². The number of ether oxygens (including phenoxy) is 1. The van der Waals surface area contributed by atoms with Crippen LogP contribution in [0.1, 0.15) is 49.0 Å². The minimum Gasteiger partial charge on any atom is -0.488 e. The highest BCUT2D eigenvalue weighted by atomic mass is 32.2. The first-order valence-electron chi connectivity index (χ1n) is 9.35. The van der Waals surface area contributed by atoms with Crippen LogP contribution in [-0.2, 0) is 14.8 Å². The maximum atomic E-state index is 12.7. The molecular formula is C21H26N2O5S. The molecule has 3 rings (SSSR count). The summed E-state index contributed by atoms with van der Waals surface area (Å²) in [6.07, 6.45) is -0.818. The number of aliphatic hydroxyl groups is 1. The normalized spacial score (nSPS) is 19.1. The van der Waals surface area contributed by atoms with Gasteiger partial charge in [-0.3, -0.25) is 4.79 Å². The van der Waals surface area contributed by atoms with Gasteiger partial charge in [-0.2, -0.15) is 0 Å². The summed E-state index contributed by atoms with van der Waals surface area (Å²) in [7, 11) is -3.64. The van der Waals surface area contributed by atoms with E-state index < -0.39 is 27.6 Å². The van der Waals surface area contributed by atoms with E-state index in [1.54, 1.807) is 42.5 Å². The van der Waals surface area contributed by atoms with Crippen LogP contribution in [0.5, 0.6) is 5.75 Å². The molecule has 156 valence electrons. The van der Waals surface area contributed by atoms with Crippen molar-refractivity contribution in [2.24, 2.45) is 5.73 Å². The minimum atomic E-state index is -3.64. The number of aliphatic hydroxyl groups excluding tert-OH is 1. The smallest absolute Gasteiger partial charge is 0.250 e. The van der Waals surface area contributed by atoms with Gasteiger partial charge < -0.3 is 15.6 Å². The molecule has 0 saturated carbocycles. The SMILES string of the molecule is Cc1ccc(S(=O)(=O)NCC2CC(C)(C)Oc3cc(C(O)C(N)=O)ccc32)cc1. The largest absolute Gasteiger partial charge is 0.488 e. The molecule has 0 spiro atoms. The number of nitrogens with one attached hydrogen (secondary N) is 1. The second kappa shape index (κ2) is 7.78. The highest BCUT2D eigenvalue weighted by molar-refractivity contribution is 7.89. The van der Waals surface area contributed by atoms with Crippen molar-refractivity contribution >= 4 is 15.9 Å². The van der Waals surface area contributed by atoms with Crippen molar-refractivity contribution in [3.63, 3.8) is 0 Å². The van der Waals surface area contributed by atoms with Crippen LogP contribution in [0.4, 0.5) is 0 Å². The minimum absolute atomic E-state index is 0.131.